The molecule has 2 saturated heterocycles. The summed E-state index contributed by atoms with van der Waals surface area (Å²) in [5, 5.41) is 3.05. The van der Waals surface area contributed by atoms with Crippen molar-refractivity contribution >= 4 is 11.7 Å². The van der Waals surface area contributed by atoms with E-state index in [9.17, 15) is 14.0 Å². The second kappa shape index (κ2) is 8.91. The highest BCUT2D eigenvalue weighted by molar-refractivity contribution is 5.96. The minimum atomic E-state index is -0.407. The minimum Gasteiger partial charge on any atom is -0.355 e. The Hall–Kier alpha value is -2.53. The maximum atomic E-state index is 13.4. The van der Waals surface area contributed by atoms with E-state index in [0.717, 1.165) is 49.2 Å². The number of hydrogen-bond acceptors (Lipinski definition) is 3. The van der Waals surface area contributed by atoms with Crippen molar-refractivity contribution in [3.63, 3.8) is 0 Å². The summed E-state index contributed by atoms with van der Waals surface area (Å²) in [5.74, 6) is 0.409. The molecule has 2 aromatic carbocycles. The van der Waals surface area contributed by atoms with Gasteiger partial charge in [-0.25, -0.2) is 4.39 Å². The number of hydrogen-bond donors (Lipinski definition) is 1. The molecule has 164 valence electrons. The zero-order valence-corrected chi connectivity index (χ0v) is 18.4. The average Bonchev–Trinajstić information content (AvgIpc) is 3.06. The summed E-state index contributed by atoms with van der Waals surface area (Å²) < 4.78 is 13.4. The molecule has 0 saturated carbocycles. The number of halogens is 1. The maximum absolute atomic E-state index is 13.4. The third kappa shape index (κ3) is 4.57. The van der Waals surface area contributed by atoms with Gasteiger partial charge in [0.2, 0.25) is 5.91 Å². The molecule has 1 spiro atoms. The van der Waals surface area contributed by atoms with Crippen molar-refractivity contribution in [1.82, 2.24) is 10.2 Å². The van der Waals surface area contributed by atoms with Gasteiger partial charge in [0.05, 0.1) is 5.41 Å². The van der Waals surface area contributed by atoms with Crippen LogP contribution in [-0.4, -0.2) is 42.8 Å². The summed E-state index contributed by atoms with van der Waals surface area (Å²) in [6, 6.07) is 14.4. The third-order valence-electron chi connectivity index (χ3n) is 7.08. The lowest BCUT2D eigenvalue weighted by Crippen LogP contribution is -2.47. The molecule has 4 rings (SSSR count). The summed E-state index contributed by atoms with van der Waals surface area (Å²) in [4.78, 5) is 27.8. The van der Waals surface area contributed by atoms with E-state index in [1.54, 1.807) is 0 Å². The van der Waals surface area contributed by atoms with E-state index < -0.39 is 5.41 Å². The number of Topliss-reactive ketones (excluding diaryl/α,β-unsaturated/α-hetero) is 1. The summed E-state index contributed by atoms with van der Waals surface area (Å²) in [7, 11) is 0. The zero-order valence-electron chi connectivity index (χ0n) is 18.4. The van der Waals surface area contributed by atoms with E-state index in [2.05, 4.69) is 17.1 Å². The van der Waals surface area contributed by atoms with Crippen molar-refractivity contribution in [2.24, 2.45) is 11.3 Å². The summed E-state index contributed by atoms with van der Waals surface area (Å²) in [6.07, 6.45) is 2.11. The Kier molecular flexibility index (Phi) is 6.24. The van der Waals surface area contributed by atoms with Crippen LogP contribution in [0.3, 0.4) is 0 Å². The Morgan fingerprint density at radius 2 is 1.77 bits per heavy atom. The van der Waals surface area contributed by atoms with E-state index in [4.69, 9.17) is 0 Å². The lowest BCUT2D eigenvalue weighted by atomic mass is 9.68. The van der Waals surface area contributed by atoms with Crippen molar-refractivity contribution in [2.75, 3.05) is 26.2 Å². The molecule has 0 bridgehead atoms. The van der Waals surface area contributed by atoms with E-state index >= 15 is 0 Å². The number of rotatable bonds is 6. The lowest BCUT2D eigenvalue weighted by molar-refractivity contribution is -0.130. The van der Waals surface area contributed by atoms with Crippen LogP contribution in [0.25, 0.3) is 0 Å². The molecule has 0 unspecified atom stereocenters. The van der Waals surface area contributed by atoms with Gasteiger partial charge in [-0.3, -0.25) is 9.59 Å². The van der Waals surface area contributed by atoms with Gasteiger partial charge in [-0.05, 0) is 56.5 Å². The molecule has 0 aliphatic carbocycles. The van der Waals surface area contributed by atoms with Gasteiger partial charge in [-0.15, -0.1) is 0 Å². The number of ketones is 1. The second-order valence-corrected chi connectivity index (χ2v) is 9.37. The van der Waals surface area contributed by atoms with E-state index in [-0.39, 0.29) is 29.3 Å². The van der Waals surface area contributed by atoms with Crippen LogP contribution >= 0.6 is 0 Å². The number of nitrogens with zero attached hydrogens (tertiary/aromatic N) is 1. The first-order valence-corrected chi connectivity index (χ1v) is 11.2. The highest BCUT2D eigenvalue weighted by atomic mass is 19.1. The Bertz CT molecular complexity index is 931. The Morgan fingerprint density at radius 1 is 1.13 bits per heavy atom. The SMILES string of the molecule is Cc1ccc(C(=O)C[C@@H](C)CN2CCC3(CC2)C(=O)NC[C@@H]3c2ccc(F)cc2)cc1. The molecule has 4 nitrogen and oxygen atoms in total. The summed E-state index contributed by atoms with van der Waals surface area (Å²) in [5.41, 5.74) is 2.56. The van der Waals surface area contributed by atoms with Crippen molar-refractivity contribution < 1.29 is 14.0 Å². The second-order valence-electron chi connectivity index (χ2n) is 9.37. The van der Waals surface area contributed by atoms with Crippen molar-refractivity contribution in [2.45, 2.75) is 39.0 Å². The van der Waals surface area contributed by atoms with Crippen LogP contribution in [0.15, 0.2) is 48.5 Å². The highest BCUT2D eigenvalue weighted by Gasteiger charge is 2.51. The van der Waals surface area contributed by atoms with E-state index in [1.807, 2.05) is 43.3 Å². The predicted octanol–water partition coefficient (Wildman–Crippen LogP) is 4.34. The molecule has 0 radical (unpaired) electrons. The van der Waals surface area contributed by atoms with Crippen molar-refractivity contribution in [1.29, 1.82) is 0 Å². The Labute approximate surface area is 183 Å². The first kappa shape index (κ1) is 21.7. The van der Waals surface area contributed by atoms with E-state index in [1.165, 1.54) is 12.1 Å². The van der Waals surface area contributed by atoms with Crippen LogP contribution in [0.2, 0.25) is 0 Å². The van der Waals surface area contributed by atoms with Gasteiger partial charge < -0.3 is 10.2 Å². The van der Waals surface area contributed by atoms with Crippen molar-refractivity contribution in [3.05, 3.63) is 71.0 Å². The quantitative estimate of drug-likeness (QED) is 0.705. The summed E-state index contributed by atoms with van der Waals surface area (Å²) in [6.45, 7) is 7.30. The smallest absolute Gasteiger partial charge is 0.227 e. The lowest BCUT2D eigenvalue weighted by Gasteiger charge is -2.41. The molecule has 1 N–H and O–H groups in total. The monoisotopic (exact) mass is 422 g/mol. The molecule has 2 aromatic rings. The maximum Gasteiger partial charge on any atom is 0.227 e. The molecule has 2 atom stereocenters. The fourth-order valence-corrected chi connectivity index (χ4v) is 5.25. The van der Waals surface area contributed by atoms with Gasteiger partial charge in [-0.2, -0.15) is 0 Å². The topological polar surface area (TPSA) is 49.4 Å². The molecule has 2 fully saturated rings. The number of aryl methyl sites for hydroxylation is 1. The normalized spacial score (nSPS) is 21.8. The number of amides is 1. The molecule has 0 aromatic heterocycles. The molecule has 1 amide bonds. The van der Waals surface area contributed by atoms with E-state index in [0.29, 0.717) is 13.0 Å². The first-order chi connectivity index (χ1) is 14.9. The van der Waals surface area contributed by atoms with Crippen LogP contribution in [0.5, 0.6) is 0 Å². The number of likely N-dealkylation sites (tertiary alicyclic amines) is 1. The molecule has 5 heteroatoms. The standard InChI is InChI=1S/C26H31FN2O2/c1-18-3-5-21(6-4-18)24(30)15-19(2)17-29-13-11-26(12-14-29)23(16-28-25(26)31)20-7-9-22(27)10-8-20/h3-10,19,23H,11-17H2,1-2H3,(H,28,31)/t19-,23-/m1/s1. The predicted molar refractivity (Wildman–Crippen MR) is 120 cm³/mol. The van der Waals surface area contributed by atoms with Crippen LogP contribution in [0, 0.1) is 24.1 Å². The number of carbonyl (C=O) groups is 2. The Balaban J connectivity index is 1.35. The number of carbonyl (C=O) groups excluding carboxylic acids is 2. The average molecular weight is 423 g/mol. The van der Waals surface area contributed by atoms with Gasteiger partial charge in [0.1, 0.15) is 5.82 Å². The number of nitrogens with one attached hydrogen (secondary N) is 1. The Morgan fingerprint density at radius 3 is 2.42 bits per heavy atom. The van der Waals surface area contributed by atoms with Gasteiger partial charge in [0, 0.05) is 31.0 Å². The molecular formula is C26H31FN2O2. The minimum absolute atomic E-state index is 0.0864. The van der Waals surface area contributed by atoms with Gasteiger partial charge in [-0.1, -0.05) is 48.9 Å². The van der Waals surface area contributed by atoms with Crippen LogP contribution in [0.1, 0.15) is 53.6 Å². The van der Waals surface area contributed by atoms with Crippen LogP contribution < -0.4 is 5.32 Å². The number of piperidine rings is 1. The van der Waals surface area contributed by atoms with Crippen molar-refractivity contribution in [3.8, 4) is 0 Å². The summed E-state index contributed by atoms with van der Waals surface area (Å²) >= 11 is 0. The van der Waals surface area contributed by atoms with Gasteiger partial charge in [0.25, 0.3) is 0 Å². The largest absolute Gasteiger partial charge is 0.355 e. The fraction of sp³-hybridized carbons (Fsp3) is 0.462. The third-order valence-corrected chi connectivity index (χ3v) is 7.08. The van der Waals surface area contributed by atoms with Crippen LogP contribution in [-0.2, 0) is 4.79 Å². The fourth-order valence-electron chi connectivity index (χ4n) is 5.25. The van der Waals surface area contributed by atoms with Gasteiger partial charge >= 0.3 is 0 Å². The first-order valence-electron chi connectivity index (χ1n) is 11.2. The molecule has 31 heavy (non-hydrogen) atoms. The molecule has 2 aliphatic rings. The van der Waals surface area contributed by atoms with Crippen LogP contribution in [0.4, 0.5) is 4.39 Å². The zero-order chi connectivity index (χ0) is 22.0. The highest BCUT2D eigenvalue weighted by Crippen LogP contribution is 2.47. The molecule has 2 heterocycles. The molecule has 2 aliphatic heterocycles. The molecular weight excluding hydrogens is 391 g/mol. The van der Waals surface area contributed by atoms with Gasteiger partial charge in [0.15, 0.2) is 5.78 Å². The number of benzene rings is 2.